The first-order valence-electron chi connectivity index (χ1n) is 6.72. The quantitative estimate of drug-likeness (QED) is 0.247. The van der Waals surface area contributed by atoms with Crippen molar-refractivity contribution in [1.29, 1.82) is 5.41 Å². The predicted octanol–water partition coefficient (Wildman–Crippen LogP) is 2.09. The fourth-order valence-corrected chi connectivity index (χ4v) is 1.34. The van der Waals surface area contributed by atoms with E-state index in [-0.39, 0.29) is 17.7 Å². The Hall–Kier alpha value is -2.19. The van der Waals surface area contributed by atoms with Crippen LogP contribution in [0.4, 0.5) is 0 Å². The number of esters is 1. The largest absolute Gasteiger partial charge is 0.427 e. The molecule has 0 unspecified atom stereocenters. The van der Waals surface area contributed by atoms with E-state index in [9.17, 15) is 13.2 Å². The van der Waals surface area contributed by atoms with Gasteiger partial charge in [0, 0.05) is 6.42 Å². The van der Waals surface area contributed by atoms with E-state index in [1.165, 1.54) is 6.08 Å². The van der Waals surface area contributed by atoms with Gasteiger partial charge in [0.05, 0.1) is 6.26 Å². The van der Waals surface area contributed by atoms with Gasteiger partial charge in [0.15, 0.2) is 0 Å². The summed E-state index contributed by atoms with van der Waals surface area (Å²) in [5.74, 6) is 0.593. The lowest BCUT2D eigenvalue weighted by atomic mass is 10.1. The maximum atomic E-state index is 11.4. The Morgan fingerprint density at radius 1 is 1.35 bits per heavy atom. The fraction of sp³-hybridized carbons (Fsp3) is 0.333. The molecule has 23 heavy (non-hydrogen) atoms. The Balaban J connectivity index is 0.000000841. The Morgan fingerprint density at radius 3 is 2.22 bits per heavy atom. The third-order valence-electron chi connectivity index (χ3n) is 2.14. The molecule has 0 radical (unpaired) electrons. The van der Waals surface area contributed by atoms with Gasteiger partial charge in [-0.3, -0.25) is 14.8 Å². The molecule has 1 rings (SSSR count). The minimum absolute atomic E-state index is 0.00226. The standard InChI is InChI=1S/C14H18N2O2.CH4O3S/c1-10(2)9-14(17)18-12-6-3-11(4-7-12)5-8-13(15)16;1-5(2,3)4/h3-8,10H,9H2,1-2H3,(H3,15,16);1H3,(H,2,3,4). The average molecular weight is 342 g/mol. The summed E-state index contributed by atoms with van der Waals surface area (Å²) >= 11 is 0. The van der Waals surface area contributed by atoms with Crippen molar-refractivity contribution in [3.63, 3.8) is 0 Å². The van der Waals surface area contributed by atoms with E-state index in [4.69, 9.17) is 20.4 Å². The second-order valence-corrected chi connectivity index (χ2v) is 6.63. The van der Waals surface area contributed by atoms with Crippen LogP contribution >= 0.6 is 0 Å². The van der Waals surface area contributed by atoms with Gasteiger partial charge in [0.1, 0.15) is 11.6 Å². The van der Waals surface area contributed by atoms with E-state index in [1.54, 1.807) is 30.3 Å². The molecule has 0 spiro atoms. The van der Waals surface area contributed by atoms with Crippen LogP contribution in [0.2, 0.25) is 0 Å². The molecule has 7 nitrogen and oxygen atoms in total. The second-order valence-electron chi connectivity index (χ2n) is 5.16. The summed E-state index contributed by atoms with van der Waals surface area (Å²) in [6, 6.07) is 7.05. The number of ether oxygens (including phenoxy) is 1. The van der Waals surface area contributed by atoms with Gasteiger partial charge < -0.3 is 10.5 Å². The van der Waals surface area contributed by atoms with Gasteiger partial charge in [-0.05, 0) is 29.7 Å². The number of nitrogens with two attached hydrogens (primary N) is 1. The minimum atomic E-state index is -3.67. The monoisotopic (exact) mass is 342 g/mol. The van der Waals surface area contributed by atoms with Crippen LogP contribution < -0.4 is 10.5 Å². The van der Waals surface area contributed by atoms with E-state index in [1.807, 2.05) is 13.8 Å². The first-order valence-corrected chi connectivity index (χ1v) is 8.57. The van der Waals surface area contributed by atoms with Crippen molar-refractivity contribution < 1.29 is 22.5 Å². The Morgan fingerprint density at radius 2 is 1.83 bits per heavy atom. The number of carbonyl (C=O) groups excluding carboxylic acids is 1. The zero-order chi connectivity index (χ0) is 18.0. The first-order chi connectivity index (χ1) is 10.5. The van der Waals surface area contributed by atoms with Crippen LogP contribution in [-0.4, -0.2) is 31.0 Å². The van der Waals surface area contributed by atoms with E-state index in [0.29, 0.717) is 18.4 Å². The van der Waals surface area contributed by atoms with Crippen LogP contribution in [0.1, 0.15) is 25.8 Å². The molecule has 8 heteroatoms. The smallest absolute Gasteiger partial charge is 0.311 e. The predicted molar refractivity (Wildman–Crippen MR) is 90.0 cm³/mol. The number of hydrogen-bond acceptors (Lipinski definition) is 5. The topological polar surface area (TPSA) is 131 Å². The van der Waals surface area contributed by atoms with E-state index in [0.717, 1.165) is 5.56 Å². The van der Waals surface area contributed by atoms with Gasteiger partial charge in [-0.15, -0.1) is 0 Å². The zero-order valence-electron chi connectivity index (χ0n) is 13.3. The minimum Gasteiger partial charge on any atom is -0.427 e. The number of amidine groups is 1. The fourth-order valence-electron chi connectivity index (χ4n) is 1.34. The van der Waals surface area contributed by atoms with Crippen molar-refractivity contribution in [2.45, 2.75) is 20.3 Å². The molecule has 1 aromatic carbocycles. The molecule has 1 aromatic rings. The van der Waals surface area contributed by atoms with Gasteiger partial charge in [-0.2, -0.15) is 8.42 Å². The number of nitrogens with one attached hydrogen (secondary N) is 1. The summed E-state index contributed by atoms with van der Waals surface area (Å²) in [6.07, 6.45) is 4.35. The normalized spacial score (nSPS) is 11.0. The molecule has 0 fully saturated rings. The van der Waals surface area contributed by atoms with E-state index >= 15 is 0 Å². The van der Waals surface area contributed by atoms with Crippen molar-refractivity contribution in [2.24, 2.45) is 11.7 Å². The SMILES string of the molecule is CC(C)CC(=O)Oc1ccc(C=CC(=N)N)cc1.CS(=O)(=O)O. The lowest BCUT2D eigenvalue weighted by molar-refractivity contribution is -0.135. The molecule has 128 valence electrons. The molecule has 0 bridgehead atoms. The molecule has 0 aliphatic rings. The molecule has 0 saturated heterocycles. The molecular formula is C15H22N2O5S. The van der Waals surface area contributed by atoms with Gasteiger partial charge >= 0.3 is 5.97 Å². The summed E-state index contributed by atoms with van der Waals surface area (Å²) < 4.78 is 31.0. The third kappa shape index (κ3) is 14.5. The highest BCUT2D eigenvalue weighted by atomic mass is 32.2. The number of benzene rings is 1. The molecular weight excluding hydrogens is 320 g/mol. The van der Waals surface area contributed by atoms with Gasteiger partial charge in [0.2, 0.25) is 0 Å². The Bertz CT molecular complexity index is 641. The van der Waals surface area contributed by atoms with Crippen LogP contribution in [0.25, 0.3) is 6.08 Å². The number of rotatable bonds is 5. The Kier molecular flexibility index (Phi) is 8.82. The Labute approximate surface area is 136 Å². The third-order valence-corrected chi connectivity index (χ3v) is 2.14. The average Bonchev–Trinajstić information content (AvgIpc) is 2.34. The van der Waals surface area contributed by atoms with Gasteiger partial charge in [-0.1, -0.05) is 32.1 Å². The molecule has 0 heterocycles. The van der Waals surface area contributed by atoms with Crippen molar-refractivity contribution in [3.05, 3.63) is 35.9 Å². The number of carbonyl (C=O) groups is 1. The lowest BCUT2D eigenvalue weighted by Gasteiger charge is -2.06. The molecule has 0 aliphatic carbocycles. The number of hydrogen-bond donors (Lipinski definition) is 3. The molecule has 0 amide bonds. The summed E-state index contributed by atoms with van der Waals surface area (Å²) in [5.41, 5.74) is 6.11. The first kappa shape index (κ1) is 20.8. The maximum absolute atomic E-state index is 11.4. The second kappa shape index (κ2) is 9.75. The summed E-state index contributed by atoms with van der Waals surface area (Å²) in [6.45, 7) is 3.94. The van der Waals surface area contributed by atoms with Crippen molar-refractivity contribution in [3.8, 4) is 5.75 Å². The van der Waals surface area contributed by atoms with Crippen LogP contribution in [0.3, 0.4) is 0 Å². The van der Waals surface area contributed by atoms with Crippen LogP contribution in [0, 0.1) is 11.3 Å². The van der Waals surface area contributed by atoms with Gasteiger partial charge in [0.25, 0.3) is 10.1 Å². The molecule has 0 aliphatic heterocycles. The highest BCUT2D eigenvalue weighted by Gasteiger charge is 2.07. The maximum Gasteiger partial charge on any atom is 0.311 e. The molecule has 4 N–H and O–H groups in total. The van der Waals surface area contributed by atoms with Gasteiger partial charge in [-0.25, -0.2) is 0 Å². The lowest BCUT2D eigenvalue weighted by Crippen LogP contribution is -2.10. The van der Waals surface area contributed by atoms with Crippen LogP contribution in [0.5, 0.6) is 5.75 Å². The van der Waals surface area contributed by atoms with Crippen molar-refractivity contribution in [1.82, 2.24) is 0 Å². The van der Waals surface area contributed by atoms with E-state index < -0.39 is 10.1 Å². The summed E-state index contributed by atoms with van der Waals surface area (Å²) in [4.78, 5) is 11.4. The van der Waals surface area contributed by atoms with Crippen LogP contribution in [-0.2, 0) is 14.9 Å². The van der Waals surface area contributed by atoms with E-state index in [2.05, 4.69) is 0 Å². The summed E-state index contributed by atoms with van der Waals surface area (Å²) in [7, 11) is -3.67. The summed E-state index contributed by atoms with van der Waals surface area (Å²) in [5, 5.41) is 7.07. The highest BCUT2D eigenvalue weighted by molar-refractivity contribution is 7.85. The zero-order valence-corrected chi connectivity index (χ0v) is 14.1. The van der Waals surface area contributed by atoms with Crippen molar-refractivity contribution >= 4 is 28.0 Å². The van der Waals surface area contributed by atoms with Crippen molar-refractivity contribution in [2.75, 3.05) is 6.26 Å². The molecule has 0 aromatic heterocycles. The van der Waals surface area contributed by atoms with Crippen LogP contribution in [0.15, 0.2) is 30.3 Å². The molecule has 0 atom stereocenters. The molecule has 0 saturated carbocycles. The highest BCUT2D eigenvalue weighted by Crippen LogP contribution is 2.14.